The van der Waals surface area contributed by atoms with Crippen molar-refractivity contribution in [2.75, 3.05) is 0 Å². The Bertz CT molecular complexity index is 492. The maximum atomic E-state index is 9.89. The Balaban J connectivity index is 0.000000184. The van der Waals surface area contributed by atoms with Crippen molar-refractivity contribution in [3.8, 4) is 0 Å². The van der Waals surface area contributed by atoms with Crippen LogP contribution in [0.5, 0.6) is 0 Å². The van der Waals surface area contributed by atoms with Gasteiger partial charge < -0.3 is 0 Å². The van der Waals surface area contributed by atoms with Crippen LogP contribution in [0.15, 0.2) is 71.9 Å². The Labute approximate surface area is 106 Å². The van der Waals surface area contributed by atoms with Gasteiger partial charge in [0.05, 0.1) is 0 Å². The smallest absolute Gasteiger partial charge is 0.142 e. The molecule has 90 valence electrons. The third kappa shape index (κ3) is 5.51. The summed E-state index contributed by atoms with van der Waals surface area (Å²) in [6.45, 7) is 0. The highest BCUT2D eigenvalue weighted by Gasteiger charge is 1.81. The lowest BCUT2D eigenvalue weighted by Crippen LogP contribution is -1.67. The Morgan fingerprint density at radius 1 is 0.833 bits per heavy atom. The van der Waals surface area contributed by atoms with Crippen molar-refractivity contribution < 1.29 is 4.79 Å². The van der Waals surface area contributed by atoms with Gasteiger partial charge in [-0.25, -0.2) is 0 Å². The summed E-state index contributed by atoms with van der Waals surface area (Å²) in [5.74, 6) is 0. The molecule has 2 rings (SSSR count). The van der Waals surface area contributed by atoms with E-state index in [1.54, 1.807) is 30.3 Å². The molecule has 0 unspecified atom stereocenters. The van der Waals surface area contributed by atoms with Crippen molar-refractivity contribution in [2.24, 2.45) is 5.18 Å². The average molecular weight is 239 g/mol. The molecule has 3 nitrogen and oxygen atoms in total. The third-order valence-corrected chi connectivity index (χ3v) is 2.03. The van der Waals surface area contributed by atoms with Gasteiger partial charge in [-0.3, -0.25) is 4.79 Å². The van der Waals surface area contributed by atoms with E-state index in [9.17, 15) is 9.70 Å². The Morgan fingerprint density at radius 3 is 1.83 bits per heavy atom. The van der Waals surface area contributed by atoms with Gasteiger partial charge in [0.15, 0.2) is 0 Å². The minimum absolute atomic E-state index is 0.479. The van der Waals surface area contributed by atoms with E-state index in [0.717, 1.165) is 11.8 Å². The van der Waals surface area contributed by atoms with Crippen molar-refractivity contribution in [1.29, 1.82) is 0 Å². The minimum Gasteiger partial charge on any atom is -0.299 e. The number of hydrogen-bond acceptors (Lipinski definition) is 3. The van der Waals surface area contributed by atoms with Crippen LogP contribution in [0, 0.1) is 4.91 Å². The monoisotopic (exact) mass is 239 g/mol. The molecule has 0 heterocycles. The number of rotatable bonds is 3. The van der Waals surface area contributed by atoms with Gasteiger partial charge in [-0.1, -0.05) is 54.6 Å². The van der Waals surface area contributed by atoms with Gasteiger partial charge in [0.25, 0.3) is 0 Å². The summed E-state index contributed by atoms with van der Waals surface area (Å²) in [5, 5.41) is 2.72. The quantitative estimate of drug-likeness (QED) is 0.462. The van der Waals surface area contributed by atoms with Crippen molar-refractivity contribution >= 4 is 18.0 Å². The second-order valence-electron chi connectivity index (χ2n) is 3.33. The Morgan fingerprint density at radius 2 is 1.39 bits per heavy atom. The molecule has 0 aliphatic rings. The summed E-state index contributed by atoms with van der Waals surface area (Å²) >= 11 is 0. The maximum absolute atomic E-state index is 9.89. The number of nitroso groups, excluding NO2 is 1. The van der Waals surface area contributed by atoms with Crippen LogP contribution in [0.1, 0.15) is 5.56 Å². The van der Waals surface area contributed by atoms with E-state index < -0.39 is 0 Å². The number of carbonyl (C=O) groups excluding carboxylic acids is 1. The van der Waals surface area contributed by atoms with E-state index in [2.05, 4.69) is 5.18 Å². The van der Waals surface area contributed by atoms with Crippen molar-refractivity contribution in [3.63, 3.8) is 0 Å². The molecule has 3 heteroatoms. The van der Waals surface area contributed by atoms with E-state index in [1.165, 1.54) is 6.08 Å². The van der Waals surface area contributed by atoms with Crippen molar-refractivity contribution in [2.45, 2.75) is 0 Å². The highest BCUT2D eigenvalue weighted by Crippen LogP contribution is 2.07. The van der Waals surface area contributed by atoms with E-state index in [0.29, 0.717) is 5.69 Å². The summed E-state index contributed by atoms with van der Waals surface area (Å²) in [5.41, 5.74) is 1.53. The lowest BCUT2D eigenvalue weighted by Gasteiger charge is -1.86. The first-order chi connectivity index (χ1) is 8.86. The zero-order valence-electron chi connectivity index (χ0n) is 9.77. The van der Waals surface area contributed by atoms with Gasteiger partial charge in [0, 0.05) is 0 Å². The number of nitrogens with zero attached hydrogens (tertiary/aromatic N) is 1. The fraction of sp³-hybridized carbons (Fsp3) is 0. The summed E-state index contributed by atoms with van der Waals surface area (Å²) < 4.78 is 0. The van der Waals surface area contributed by atoms with Crippen LogP contribution in [0.2, 0.25) is 0 Å². The predicted octanol–water partition coefficient (Wildman–Crippen LogP) is 3.98. The summed E-state index contributed by atoms with van der Waals surface area (Å²) in [4.78, 5) is 19.6. The van der Waals surface area contributed by atoms with Crippen LogP contribution < -0.4 is 0 Å². The minimum atomic E-state index is 0.479. The van der Waals surface area contributed by atoms with E-state index >= 15 is 0 Å². The first-order valence-electron chi connectivity index (χ1n) is 5.42. The topological polar surface area (TPSA) is 46.5 Å². The molecule has 18 heavy (non-hydrogen) atoms. The molecule has 0 fully saturated rings. The zero-order chi connectivity index (χ0) is 13.1. The Hall–Kier alpha value is -2.55. The SMILES string of the molecule is O=C/C=C/c1ccccc1.O=Nc1ccccc1. The molecule has 0 saturated carbocycles. The largest absolute Gasteiger partial charge is 0.299 e. The second kappa shape index (κ2) is 8.58. The van der Waals surface area contributed by atoms with Crippen molar-refractivity contribution in [3.05, 3.63) is 77.2 Å². The van der Waals surface area contributed by atoms with Gasteiger partial charge in [0.1, 0.15) is 12.0 Å². The van der Waals surface area contributed by atoms with Gasteiger partial charge in [-0.05, 0) is 28.9 Å². The van der Waals surface area contributed by atoms with Crippen LogP contribution >= 0.6 is 0 Å². The normalized spacial score (nSPS) is 9.33. The van der Waals surface area contributed by atoms with Crippen molar-refractivity contribution in [1.82, 2.24) is 0 Å². The maximum Gasteiger partial charge on any atom is 0.142 e. The molecule has 0 radical (unpaired) electrons. The van der Waals surface area contributed by atoms with Crippen LogP contribution in [-0.4, -0.2) is 6.29 Å². The zero-order valence-corrected chi connectivity index (χ0v) is 9.77. The number of hydrogen-bond donors (Lipinski definition) is 0. The van der Waals surface area contributed by atoms with Gasteiger partial charge in [0.2, 0.25) is 0 Å². The molecule has 0 N–H and O–H groups in total. The molecule has 2 aromatic carbocycles. The standard InChI is InChI=1S/C9H8O.C6H5NO/c10-8-4-7-9-5-2-1-3-6-9;8-7-6-4-2-1-3-5-6/h1-8H;1-5H/b7-4+;. The van der Waals surface area contributed by atoms with E-state index in [1.807, 2.05) is 36.4 Å². The lowest BCUT2D eigenvalue weighted by atomic mass is 10.2. The van der Waals surface area contributed by atoms with Crippen LogP contribution in [-0.2, 0) is 4.79 Å². The molecule has 0 aliphatic carbocycles. The molecule has 0 amide bonds. The molecule has 0 bridgehead atoms. The van der Waals surface area contributed by atoms with Gasteiger partial charge >= 0.3 is 0 Å². The number of benzene rings is 2. The fourth-order valence-corrected chi connectivity index (χ4v) is 1.20. The van der Waals surface area contributed by atoms with E-state index in [-0.39, 0.29) is 0 Å². The lowest BCUT2D eigenvalue weighted by molar-refractivity contribution is -0.104. The molecule has 0 aliphatic heterocycles. The molecular formula is C15H13NO2. The molecule has 0 saturated heterocycles. The molecule has 0 aromatic heterocycles. The highest BCUT2D eigenvalue weighted by atomic mass is 16.3. The molecule has 2 aromatic rings. The third-order valence-electron chi connectivity index (χ3n) is 2.03. The molecular weight excluding hydrogens is 226 g/mol. The molecule has 0 atom stereocenters. The predicted molar refractivity (Wildman–Crippen MR) is 73.4 cm³/mol. The van der Waals surface area contributed by atoms with Crippen LogP contribution in [0.3, 0.4) is 0 Å². The fourth-order valence-electron chi connectivity index (χ4n) is 1.20. The highest BCUT2D eigenvalue weighted by molar-refractivity contribution is 5.73. The van der Waals surface area contributed by atoms with E-state index in [4.69, 9.17) is 0 Å². The van der Waals surface area contributed by atoms with Crippen LogP contribution in [0.25, 0.3) is 6.08 Å². The van der Waals surface area contributed by atoms with Gasteiger partial charge in [-0.2, -0.15) is 0 Å². The summed E-state index contributed by atoms with van der Waals surface area (Å²) in [7, 11) is 0. The summed E-state index contributed by atoms with van der Waals surface area (Å²) in [6, 6.07) is 18.4. The van der Waals surface area contributed by atoms with Gasteiger partial charge in [-0.15, -0.1) is 4.91 Å². The number of aldehydes is 1. The Kier molecular flexibility index (Phi) is 6.45. The molecule has 0 spiro atoms. The number of carbonyl (C=O) groups is 1. The van der Waals surface area contributed by atoms with Crippen LogP contribution in [0.4, 0.5) is 5.69 Å². The first kappa shape index (κ1) is 13.5. The number of allylic oxidation sites excluding steroid dienone is 1. The summed E-state index contributed by atoms with van der Waals surface area (Å²) in [6.07, 6.45) is 4.02. The second-order valence-corrected chi connectivity index (χ2v) is 3.33. The first-order valence-corrected chi connectivity index (χ1v) is 5.42. The average Bonchev–Trinajstić information content (AvgIpc) is 2.48.